The highest BCUT2D eigenvalue weighted by Crippen LogP contribution is 2.28. The van der Waals surface area contributed by atoms with Crippen LogP contribution in [0.25, 0.3) is 0 Å². The predicted octanol–water partition coefficient (Wildman–Crippen LogP) is 2.09. The Labute approximate surface area is 113 Å². The number of pyridine rings is 1. The van der Waals surface area contributed by atoms with E-state index in [-0.39, 0.29) is 6.61 Å². The quantitative estimate of drug-likeness (QED) is 0.771. The first-order valence-electron chi connectivity index (χ1n) is 6.26. The van der Waals surface area contributed by atoms with Gasteiger partial charge in [-0.3, -0.25) is 0 Å². The van der Waals surface area contributed by atoms with E-state index >= 15 is 0 Å². The topological polar surface area (TPSA) is 45.6 Å². The van der Waals surface area contributed by atoms with Gasteiger partial charge in [0.2, 0.25) is 0 Å². The second-order valence-electron chi connectivity index (χ2n) is 4.70. The summed E-state index contributed by atoms with van der Waals surface area (Å²) in [5, 5.41) is 9.62. The number of hydrogen-bond acceptors (Lipinski definition) is 4. The van der Waals surface area contributed by atoms with Gasteiger partial charge in [-0.05, 0) is 30.9 Å². The van der Waals surface area contributed by atoms with Gasteiger partial charge in [-0.15, -0.1) is 0 Å². The Balaban J connectivity index is 1.81. The van der Waals surface area contributed by atoms with Crippen LogP contribution in [0.2, 0.25) is 5.02 Å². The van der Waals surface area contributed by atoms with Crippen LogP contribution in [0.3, 0.4) is 0 Å². The molecule has 1 aliphatic rings. The smallest absolute Gasteiger partial charge is 0.128 e. The van der Waals surface area contributed by atoms with E-state index in [0.29, 0.717) is 17.3 Å². The summed E-state index contributed by atoms with van der Waals surface area (Å²) in [5.74, 6) is 1.60. The highest BCUT2D eigenvalue weighted by Gasteiger charge is 2.21. The van der Waals surface area contributed by atoms with E-state index in [0.717, 1.165) is 24.9 Å². The Bertz CT molecular complexity index is 397. The van der Waals surface area contributed by atoms with Crippen LogP contribution in [0.15, 0.2) is 12.1 Å². The Kier molecular flexibility index (Phi) is 4.80. The van der Waals surface area contributed by atoms with Gasteiger partial charge >= 0.3 is 0 Å². The van der Waals surface area contributed by atoms with E-state index in [1.54, 1.807) is 6.07 Å². The maximum Gasteiger partial charge on any atom is 0.128 e. The molecule has 1 aromatic rings. The molecule has 1 heterocycles. The van der Waals surface area contributed by atoms with E-state index in [1.165, 1.54) is 12.8 Å². The molecule has 2 rings (SSSR count). The van der Waals surface area contributed by atoms with Gasteiger partial charge in [0, 0.05) is 20.2 Å². The summed E-state index contributed by atoms with van der Waals surface area (Å²) in [6.45, 7) is 2.22. The molecule has 1 fully saturated rings. The summed E-state index contributed by atoms with van der Waals surface area (Å²) in [6.07, 6.45) is 2.63. The van der Waals surface area contributed by atoms with Crippen molar-refractivity contribution in [2.45, 2.75) is 19.4 Å². The third-order valence-electron chi connectivity index (χ3n) is 3.07. The van der Waals surface area contributed by atoms with E-state index in [2.05, 4.69) is 4.98 Å². The molecule has 0 radical (unpaired) electrons. The predicted molar refractivity (Wildman–Crippen MR) is 72.0 cm³/mol. The van der Waals surface area contributed by atoms with Crippen LogP contribution in [0.5, 0.6) is 0 Å². The summed E-state index contributed by atoms with van der Waals surface area (Å²) in [7, 11) is 1.96. The maximum atomic E-state index is 9.12. The third-order valence-corrected chi connectivity index (χ3v) is 3.41. The molecule has 1 saturated carbocycles. The second-order valence-corrected chi connectivity index (χ2v) is 5.10. The highest BCUT2D eigenvalue weighted by atomic mass is 35.5. The number of likely N-dealkylation sites (N-methyl/N-ethyl adjacent to an activating group) is 1. The van der Waals surface area contributed by atoms with Gasteiger partial charge in [0.1, 0.15) is 5.82 Å². The lowest BCUT2D eigenvalue weighted by Gasteiger charge is -2.19. The van der Waals surface area contributed by atoms with Gasteiger partial charge in [0.05, 0.1) is 23.9 Å². The Morgan fingerprint density at radius 1 is 1.50 bits per heavy atom. The SMILES string of the molecule is CN(CCOCC1CC1)c1ccc(Cl)c(CO)n1. The van der Waals surface area contributed by atoms with E-state index in [9.17, 15) is 0 Å². The molecule has 1 N–H and O–H groups in total. The van der Waals surface area contributed by atoms with Crippen molar-refractivity contribution in [2.24, 2.45) is 5.92 Å². The summed E-state index contributed by atoms with van der Waals surface area (Å²) >= 11 is 5.90. The van der Waals surface area contributed by atoms with Crippen molar-refractivity contribution in [3.63, 3.8) is 0 Å². The number of aromatic nitrogens is 1. The highest BCUT2D eigenvalue weighted by molar-refractivity contribution is 6.31. The minimum absolute atomic E-state index is 0.140. The monoisotopic (exact) mass is 270 g/mol. The molecule has 0 aliphatic heterocycles. The van der Waals surface area contributed by atoms with Gasteiger partial charge in [-0.25, -0.2) is 4.98 Å². The summed E-state index contributed by atoms with van der Waals surface area (Å²) in [5.41, 5.74) is 0.514. The molecule has 100 valence electrons. The van der Waals surface area contributed by atoms with Crippen molar-refractivity contribution in [1.29, 1.82) is 0 Å². The Hall–Kier alpha value is -0.840. The number of hydrogen-bond donors (Lipinski definition) is 1. The minimum Gasteiger partial charge on any atom is -0.390 e. The van der Waals surface area contributed by atoms with E-state index in [1.807, 2.05) is 18.0 Å². The minimum atomic E-state index is -0.140. The fraction of sp³-hybridized carbons (Fsp3) is 0.615. The van der Waals surface area contributed by atoms with E-state index in [4.69, 9.17) is 21.4 Å². The maximum absolute atomic E-state index is 9.12. The zero-order chi connectivity index (χ0) is 13.0. The molecule has 5 heteroatoms. The van der Waals surface area contributed by atoms with Crippen LogP contribution in [0.4, 0.5) is 5.82 Å². The van der Waals surface area contributed by atoms with Crippen LogP contribution in [0, 0.1) is 5.92 Å². The number of anilines is 1. The molecule has 0 bridgehead atoms. The standard InChI is InChI=1S/C13H19ClN2O2/c1-16(6-7-18-9-10-2-3-10)13-5-4-11(14)12(8-17)15-13/h4-5,10,17H,2-3,6-9H2,1H3. The van der Waals surface area contributed by atoms with Crippen LogP contribution < -0.4 is 4.90 Å². The number of aliphatic hydroxyl groups excluding tert-OH is 1. The zero-order valence-electron chi connectivity index (χ0n) is 10.6. The van der Waals surface area contributed by atoms with Gasteiger partial charge < -0.3 is 14.7 Å². The zero-order valence-corrected chi connectivity index (χ0v) is 11.4. The molecule has 1 aliphatic carbocycles. The number of halogens is 1. The Morgan fingerprint density at radius 2 is 2.28 bits per heavy atom. The van der Waals surface area contributed by atoms with Crippen LogP contribution in [-0.4, -0.2) is 36.9 Å². The Morgan fingerprint density at radius 3 is 2.94 bits per heavy atom. The van der Waals surface area contributed by atoms with Gasteiger partial charge in [-0.2, -0.15) is 0 Å². The van der Waals surface area contributed by atoms with Crippen LogP contribution in [0.1, 0.15) is 18.5 Å². The number of ether oxygens (including phenoxy) is 1. The van der Waals surface area contributed by atoms with Crippen LogP contribution >= 0.6 is 11.6 Å². The van der Waals surface area contributed by atoms with Gasteiger partial charge in [0.15, 0.2) is 0 Å². The molecular weight excluding hydrogens is 252 g/mol. The molecule has 1 aromatic heterocycles. The lowest BCUT2D eigenvalue weighted by atomic mass is 10.3. The molecule has 0 amide bonds. The number of nitrogens with zero attached hydrogens (tertiary/aromatic N) is 2. The average Bonchev–Trinajstić information content (AvgIpc) is 3.19. The largest absolute Gasteiger partial charge is 0.390 e. The van der Waals surface area contributed by atoms with E-state index < -0.39 is 0 Å². The molecule has 0 atom stereocenters. The lowest BCUT2D eigenvalue weighted by Crippen LogP contribution is -2.24. The first-order chi connectivity index (χ1) is 8.70. The lowest BCUT2D eigenvalue weighted by molar-refractivity contribution is 0.131. The number of rotatable bonds is 7. The van der Waals surface area contributed by atoms with Crippen molar-refractivity contribution < 1.29 is 9.84 Å². The van der Waals surface area contributed by atoms with Gasteiger partial charge in [0.25, 0.3) is 0 Å². The molecule has 4 nitrogen and oxygen atoms in total. The first kappa shape index (κ1) is 13.6. The third kappa shape index (κ3) is 3.83. The van der Waals surface area contributed by atoms with Gasteiger partial charge in [-0.1, -0.05) is 11.6 Å². The van der Waals surface area contributed by atoms with Crippen LogP contribution in [-0.2, 0) is 11.3 Å². The van der Waals surface area contributed by atoms with Crippen molar-refractivity contribution in [3.05, 3.63) is 22.8 Å². The molecular formula is C13H19ClN2O2. The first-order valence-corrected chi connectivity index (χ1v) is 6.63. The molecule has 0 saturated heterocycles. The van der Waals surface area contributed by atoms with Crippen molar-refractivity contribution in [3.8, 4) is 0 Å². The molecule has 0 unspecified atom stereocenters. The normalized spacial score (nSPS) is 14.8. The average molecular weight is 271 g/mol. The van der Waals surface area contributed by atoms with Crippen molar-refractivity contribution in [2.75, 3.05) is 31.7 Å². The molecule has 0 spiro atoms. The molecule has 18 heavy (non-hydrogen) atoms. The van der Waals surface area contributed by atoms with Crippen molar-refractivity contribution in [1.82, 2.24) is 4.98 Å². The summed E-state index contributed by atoms with van der Waals surface area (Å²) < 4.78 is 5.59. The second kappa shape index (κ2) is 6.36. The fourth-order valence-corrected chi connectivity index (χ4v) is 1.81. The summed E-state index contributed by atoms with van der Waals surface area (Å²) in [6, 6.07) is 3.61. The summed E-state index contributed by atoms with van der Waals surface area (Å²) in [4.78, 5) is 6.31. The molecule has 0 aromatic carbocycles. The number of aliphatic hydroxyl groups is 1. The fourth-order valence-electron chi connectivity index (χ4n) is 1.65. The van der Waals surface area contributed by atoms with Crippen molar-refractivity contribution >= 4 is 17.4 Å².